The summed E-state index contributed by atoms with van der Waals surface area (Å²) in [7, 11) is -4.19. The number of nitrogens with zero attached hydrogens (tertiary/aromatic N) is 1. The van der Waals surface area contributed by atoms with Gasteiger partial charge in [0.25, 0.3) is 11.8 Å². The minimum absolute atomic E-state index is 0.0535. The molecule has 0 aromatic heterocycles. The maximum Gasteiger partial charge on any atom is 0.339 e. The predicted molar refractivity (Wildman–Crippen MR) is 142 cm³/mol. The molecule has 4 rings (SSSR count). The molecule has 0 saturated carbocycles. The van der Waals surface area contributed by atoms with Crippen molar-refractivity contribution in [2.24, 2.45) is 0 Å². The lowest BCUT2D eigenvalue weighted by Gasteiger charge is -2.26. The van der Waals surface area contributed by atoms with Crippen LogP contribution in [0.1, 0.15) is 5.56 Å². The maximum absolute atomic E-state index is 13.1. The molecule has 1 saturated heterocycles. The second kappa shape index (κ2) is 10.3. The molecule has 13 heteroatoms. The van der Waals surface area contributed by atoms with Crippen molar-refractivity contribution < 1.29 is 27.0 Å². The van der Waals surface area contributed by atoms with E-state index in [9.17, 15) is 22.8 Å². The molecular weight excluding hydrogens is 663 g/mol. The van der Waals surface area contributed by atoms with Crippen LogP contribution in [0, 0.1) is 0 Å². The van der Waals surface area contributed by atoms with Gasteiger partial charge in [-0.15, -0.1) is 0 Å². The van der Waals surface area contributed by atoms with Crippen LogP contribution in [0.3, 0.4) is 0 Å². The summed E-state index contributed by atoms with van der Waals surface area (Å²) in [5.41, 5.74) is 0.196. The molecule has 36 heavy (non-hydrogen) atoms. The number of hydrogen-bond acceptors (Lipinski definition) is 6. The first-order valence-electron chi connectivity index (χ1n) is 9.82. The summed E-state index contributed by atoms with van der Waals surface area (Å²) in [6.07, 6.45) is 1.26. The van der Waals surface area contributed by atoms with Crippen LogP contribution < -0.4 is 14.4 Å². The number of rotatable bonds is 5. The van der Waals surface area contributed by atoms with Gasteiger partial charge in [-0.05, 0) is 98.1 Å². The SMILES string of the molecule is O=C1NC(=O)N(c2cccc(Cl)c2)C(=O)/C1=C/c1cc(Br)c(OS(=O)(=O)c2ccc(Cl)cc2)c(Br)c1. The van der Waals surface area contributed by atoms with Gasteiger partial charge in [-0.2, -0.15) is 8.42 Å². The van der Waals surface area contributed by atoms with E-state index in [1.807, 2.05) is 0 Å². The average molecular weight is 675 g/mol. The molecule has 1 N–H and O–H groups in total. The molecule has 0 aliphatic carbocycles. The van der Waals surface area contributed by atoms with E-state index in [0.717, 1.165) is 4.90 Å². The fraction of sp³-hybridized carbons (Fsp3) is 0. The van der Waals surface area contributed by atoms with Gasteiger partial charge in [0.2, 0.25) is 0 Å². The molecule has 1 aliphatic rings. The lowest BCUT2D eigenvalue weighted by molar-refractivity contribution is -0.122. The highest BCUT2D eigenvalue weighted by molar-refractivity contribution is 9.11. The second-order valence-electron chi connectivity index (χ2n) is 7.24. The molecule has 1 heterocycles. The van der Waals surface area contributed by atoms with E-state index < -0.39 is 28.0 Å². The van der Waals surface area contributed by atoms with Crippen molar-refractivity contribution in [2.45, 2.75) is 4.90 Å². The van der Waals surface area contributed by atoms with Gasteiger partial charge in [-0.3, -0.25) is 14.9 Å². The van der Waals surface area contributed by atoms with Gasteiger partial charge in [0, 0.05) is 10.0 Å². The Morgan fingerprint density at radius 3 is 2.14 bits per heavy atom. The number of carbonyl (C=O) groups excluding carboxylic acids is 3. The van der Waals surface area contributed by atoms with E-state index in [4.69, 9.17) is 27.4 Å². The van der Waals surface area contributed by atoms with Gasteiger partial charge < -0.3 is 4.18 Å². The average Bonchev–Trinajstić information content (AvgIpc) is 2.79. The van der Waals surface area contributed by atoms with Crippen LogP contribution in [0.5, 0.6) is 5.75 Å². The zero-order valence-electron chi connectivity index (χ0n) is 17.7. The van der Waals surface area contributed by atoms with Crippen molar-refractivity contribution in [1.29, 1.82) is 0 Å². The quantitative estimate of drug-likeness (QED) is 0.204. The third kappa shape index (κ3) is 5.50. The number of barbiturate groups is 1. The number of hydrogen-bond donors (Lipinski definition) is 1. The van der Waals surface area contributed by atoms with Crippen molar-refractivity contribution >= 4 is 94.8 Å². The molecule has 8 nitrogen and oxygen atoms in total. The number of halogens is 4. The zero-order valence-corrected chi connectivity index (χ0v) is 23.2. The molecule has 0 spiro atoms. The van der Waals surface area contributed by atoms with Crippen molar-refractivity contribution in [1.82, 2.24) is 5.32 Å². The molecule has 4 amide bonds. The summed E-state index contributed by atoms with van der Waals surface area (Å²) in [4.78, 5) is 38.6. The van der Waals surface area contributed by atoms with Crippen molar-refractivity contribution in [3.8, 4) is 5.75 Å². The Morgan fingerprint density at radius 1 is 0.889 bits per heavy atom. The van der Waals surface area contributed by atoms with Crippen LogP contribution in [0.25, 0.3) is 6.08 Å². The van der Waals surface area contributed by atoms with Gasteiger partial charge in [-0.25, -0.2) is 9.69 Å². The fourth-order valence-electron chi connectivity index (χ4n) is 3.18. The molecule has 3 aromatic carbocycles. The van der Waals surface area contributed by atoms with E-state index in [1.165, 1.54) is 54.6 Å². The Morgan fingerprint density at radius 2 is 1.53 bits per heavy atom. The van der Waals surface area contributed by atoms with Crippen LogP contribution in [0.4, 0.5) is 10.5 Å². The predicted octanol–water partition coefficient (Wildman–Crippen LogP) is 5.95. The first-order valence-corrected chi connectivity index (χ1v) is 13.6. The van der Waals surface area contributed by atoms with Crippen LogP contribution >= 0.6 is 55.1 Å². The summed E-state index contributed by atoms with van der Waals surface area (Å²) in [5, 5.41) is 2.79. The van der Waals surface area contributed by atoms with Gasteiger partial charge >= 0.3 is 16.1 Å². The summed E-state index contributed by atoms with van der Waals surface area (Å²) in [6, 6.07) is 13.5. The number of imide groups is 2. The number of anilines is 1. The van der Waals surface area contributed by atoms with Crippen molar-refractivity contribution in [3.63, 3.8) is 0 Å². The Bertz CT molecular complexity index is 1540. The van der Waals surface area contributed by atoms with E-state index in [0.29, 0.717) is 15.6 Å². The molecule has 0 unspecified atom stereocenters. The van der Waals surface area contributed by atoms with Crippen LogP contribution in [-0.2, 0) is 19.7 Å². The number of amides is 4. The largest absolute Gasteiger partial charge is 0.377 e. The zero-order chi connectivity index (χ0) is 26.2. The fourth-order valence-corrected chi connectivity index (χ4v) is 6.05. The molecule has 3 aromatic rings. The number of urea groups is 1. The first-order chi connectivity index (χ1) is 17.0. The van der Waals surface area contributed by atoms with E-state index in [2.05, 4.69) is 37.2 Å². The summed E-state index contributed by atoms with van der Waals surface area (Å²) >= 11 is 18.3. The third-order valence-electron chi connectivity index (χ3n) is 4.80. The monoisotopic (exact) mass is 672 g/mol. The highest BCUT2D eigenvalue weighted by atomic mass is 79.9. The maximum atomic E-state index is 13.1. The summed E-state index contributed by atoms with van der Waals surface area (Å²) < 4.78 is 31.0. The van der Waals surface area contributed by atoms with Gasteiger partial charge in [0.1, 0.15) is 10.5 Å². The lowest BCUT2D eigenvalue weighted by atomic mass is 10.1. The second-order valence-corrected chi connectivity index (χ2v) is 11.4. The van der Waals surface area contributed by atoms with Gasteiger partial charge in [0.05, 0.1) is 14.6 Å². The number of carbonyl (C=O) groups is 3. The summed E-state index contributed by atoms with van der Waals surface area (Å²) in [5.74, 6) is -1.80. The minimum Gasteiger partial charge on any atom is -0.377 e. The number of benzene rings is 3. The third-order valence-corrected chi connectivity index (χ3v) is 7.70. The summed E-state index contributed by atoms with van der Waals surface area (Å²) in [6.45, 7) is 0. The molecule has 0 atom stereocenters. The Labute approximate surface area is 232 Å². The van der Waals surface area contributed by atoms with Crippen molar-refractivity contribution in [2.75, 3.05) is 4.90 Å². The standard InChI is InChI=1S/C23H12Br2Cl2N2O6S/c24-18-9-12(10-19(25)20(18)35-36(33,34)16-6-4-13(26)5-7-16)8-17-21(30)28-23(32)29(22(17)31)15-3-1-2-14(27)11-15/h1-11H,(H,28,30,32)/b17-8+. The van der Waals surface area contributed by atoms with Crippen LogP contribution in [0.2, 0.25) is 10.0 Å². The Kier molecular flexibility index (Phi) is 7.58. The Hall–Kier alpha value is -2.70. The molecule has 0 bridgehead atoms. The van der Waals surface area contributed by atoms with Gasteiger partial charge in [0.15, 0.2) is 5.75 Å². The highest BCUT2D eigenvalue weighted by Crippen LogP contribution is 2.37. The lowest BCUT2D eigenvalue weighted by Crippen LogP contribution is -2.54. The number of nitrogens with one attached hydrogen (secondary N) is 1. The normalized spacial score (nSPS) is 15.3. The minimum atomic E-state index is -4.19. The van der Waals surface area contributed by atoms with Crippen molar-refractivity contribution in [3.05, 3.63) is 90.8 Å². The van der Waals surface area contributed by atoms with E-state index >= 15 is 0 Å². The molecule has 1 fully saturated rings. The van der Waals surface area contributed by atoms with E-state index in [1.54, 1.807) is 12.1 Å². The highest BCUT2D eigenvalue weighted by Gasteiger charge is 2.37. The van der Waals surface area contributed by atoms with Crippen LogP contribution in [0.15, 0.2) is 80.1 Å². The van der Waals surface area contributed by atoms with Crippen LogP contribution in [-0.4, -0.2) is 26.3 Å². The Balaban J connectivity index is 1.67. The first kappa shape index (κ1) is 26.4. The van der Waals surface area contributed by atoms with Gasteiger partial charge in [-0.1, -0.05) is 29.3 Å². The molecule has 1 aliphatic heterocycles. The molecule has 0 radical (unpaired) electrons. The van der Waals surface area contributed by atoms with E-state index in [-0.39, 0.29) is 30.9 Å². The molecular formula is C23H12Br2Cl2N2O6S. The topological polar surface area (TPSA) is 110 Å². The smallest absolute Gasteiger partial charge is 0.339 e. The molecule has 184 valence electrons.